The first-order valence-corrected chi connectivity index (χ1v) is 13.7. The van der Waals surface area contributed by atoms with Crippen molar-refractivity contribution in [1.82, 2.24) is 20.0 Å². The number of fused-ring (bicyclic) bond motifs is 3. The Morgan fingerprint density at radius 1 is 1.11 bits per heavy atom. The minimum absolute atomic E-state index is 0.0285. The van der Waals surface area contributed by atoms with Gasteiger partial charge in [0.25, 0.3) is 0 Å². The largest absolute Gasteiger partial charge is 0.488 e. The standard InChI is InChI=1S/C29H34F2N4O2/c1-34-16-22-20(7-8-25-21(22)15-33-35(25)27-4-2-3-9-36-27)28(26(34)10-17-5-6-17)29-23(30)11-18(12-24(29)31)37-19-13-32-14-19/h7-8,11-12,15,17,19,26-28,32H,2-6,9-10,13-14,16H2,1H3/t26-,27?,28+/m0/s1. The lowest BCUT2D eigenvalue weighted by molar-refractivity contribution is -0.0366. The summed E-state index contributed by atoms with van der Waals surface area (Å²) in [6, 6.07) is 6.93. The first kappa shape index (κ1) is 23.6. The van der Waals surface area contributed by atoms with E-state index in [1.807, 2.05) is 10.9 Å². The number of benzene rings is 2. The number of hydrogen-bond donors (Lipinski definition) is 1. The second-order valence-electron chi connectivity index (χ2n) is 11.3. The third-order valence-corrected chi connectivity index (χ3v) is 8.73. The van der Waals surface area contributed by atoms with Crippen molar-refractivity contribution in [1.29, 1.82) is 0 Å². The van der Waals surface area contributed by atoms with Crippen LogP contribution in [0.1, 0.15) is 67.4 Å². The smallest absolute Gasteiger partial charge is 0.150 e. The molecule has 0 bridgehead atoms. The maximum atomic E-state index is 15.8. The Labute approximate surface area is 215 Å². The number of ether oxygens (including phenoxy) is 2. The van der Waals surface area contributed by atoms with Crippen molar-refractivity contribution in [2.45, 2.75) is 69.4 Å². The number of likely N-dealkylation sites (N-methyl/N-ethyl adjacent to an activating group) is 1. The summed E-state index contributed by atoms with van der Waals surface area (Å²) in [5, 5.41) is 8.89. The summed E-state index contributed by atoms with van der Waals surface area (Å²) in [6.07, 6.45) is 8.31. The van der Waals surface area contributed by atoms with Gasteiger partial charge in [0.05, 0.1) is 11.7 Å². The molecule has 4 heterocycles. The molecular weight excluding hydrogens is 474 g/mol. The molecule has 4 aliphatic rings. The minimum atomic E-state index is -0.527. The third kappa shape index (κ3) is 4.23. The highest BCUT2D eigenvalue weighted by atomic mass is 19.1. The Morgan fingerprint density at radius 3 is 2.59 bits per heavy atom. The molecule has 3 atom stereocenters. The fraction of sp³-hybridized carbons (Fsp3) is 0.552. The molecule has 0 amide bonds. The molecule has 3 aliphatic heterocycles. The van der Waals surface area contributed by atoms with E-state index in [0.29, 0.717) is 19.0 Å². The Hall–Kier alpha value is -2.55. The number of nitrogens with zero attached hydrogens (tertiary/aromatic N) is 3. The zero-order valence-corrected chi connectivity index (χ0v) is 21.3. The summed E-state index contributed by atoms with van der Waals surface area (Å²) in [5.74, 6) is -0.558. The van der Waals surface area contributed by atoms with Gasteiger partial charge in [-0.15, -0.1) is 0 Å². The van der Waals surface area contributed by atoms with Gasteiger partial charge in [-0.2, -0.15) is 5.10 Å². The maximum absolute atomic E-state index is 15.8. The van der Waals surface area contributed by atoms with Crippen LogP contribution in [-0.4, -0.2) is 53.6 Å². The molecule has 0 radical (unpaired) electrons. The van der Waals surface area contributed by atoms with Gasteiger partial charge in [0, 0.05) is 61.3 Å². The Morgan fingerprint density at radius 2 is 1.92 bits per heavy atom. The van der Waals surface area contributed by atoms with Crippen LogP contribution in [0, 0.1) is 17.6 Å². The van der Waals surface area contributed by atoms with E-state index >= 15 is 8.78 Å². The van der Waals surface area contributed by atoms with Gasteiger partial charge in [0.1, 0.15) is 23.5 Å². The Kier molecular flexibility index (Phi) is 5.94. The molecule has 196 valence electrons. The zero-order valence-electron chi connectivity index (χ0n) is 21.3. The summed E-state index contributed by atoms with van der Waals surface area (Å²) in [4.78, 5) is 2.29. The highest BCUT2D eigenvalue weighted by molar-refractivity contribution is 5.84. The van der Waals surface area contributed by atoms with Crippen molar-refractivity contribution in [2.24, 2.45) is 5.92 Å². The lowest BCUT2D eigenvalue weighted by atomic mass is 9.76. The first-order chi connectivity index (χ1) is 18.1. The lowest BCUT2D eigenvalue weighted by Crippen LogP contribution is -2.50. The molecular formula is C29H34F2N4O2. The summed E-state index contributed by atoms with van der Waals surface area (Å²) < 4.78 is 45.4. The van der Waals surface area contributed by atoms with Crippen LogP contribution in [-0.2, 0) is 11.3 Å². The molecule has 1 aliphatic carbocycles. The van der Waals surface area contributed by atoms with Gasteiger partial charge < -0.3 is 14.8 Å². The molecule has 2 aromatic carbocycles. The SMILES string of the molecule is CN1Cc2c(ccc3c2cnn3C2CCCCO2)[C@@H](c2c(F)cc(OC3CNC3)cc2F)[C@@H]1CC1CC1. The average Bonchev–Trinajstić information content (AvgIpc) is 3.58. The molecule has 3 fully saturated rings. The van der Waals surface area contributed by atoms with Gasteiger partial charge in [-0.25, -0.2) is 13.5 Å². The molecule has 8 heteroatoms. The van der Waals surface area contributed by atoms with Crippen LogP contribution >= 0.6 is 0 Å². The first-order valence-electron chi connectivity index (χ1n) is 13.7. The Balaban J connectivity index is 1.32. The van der Waals surface area contributed by atoms with E-state index in [0.717, 1.165) is 60.9 Å². The lowest BCUT2D eigenvalue weighted by Gasteiger charge is -2.41. The molecule has 6 nitrogen and oxygen atoms in total. The van der Waals surface area contributed by atoms with Crippen LogP contribution in [0.2, 0.25) is 0 Å². The van der Waals surface area contributed by atoms with Gasteiger partial charge in [0.15, 0.2) is 6.23 Å². The number of halogens is 2. The monoisotopic (exact) mass is 508 g/mol. The van der Waals surface area contributed by atoms with Crippen LogP contribution in [0.3, 0.4) is 0 Å². The second kappa shape index (κ2) is 9.33. The predicted octanol–water partition coefficient (Wildman–Crippen LogP) is 5.11. The van der Waals surface area contributed by atoms with Crippen LogP contribution in [0.4, 0.5) is 8.78 Å². The fourth-order valence-electron chi connectivity index (χ4n) is 6.46. The normalized spacial score (nSPS) is 26.7. The predicted molar refractivity (Wildman–Crippen MR) is 137 cm³/mol. The molecule has 1 N–H and O–H groups in total. The summed E-state index contributed by atoms with van der Waals surface area (Å²) >= 11 is 0. The van der Waals surface area contributed by atoms with Crippen LogP contribution < -0.4 is 10.1 Å². The van der Waals surface area contributed by atoms with Gasteiger partial charge in [-0.05, 0) is 55.8 Å². The number of hydrogen-bond acceptors (Lipinski definition) is 5. The van der Waals surface area contributed by atoms with Gasteiger partial charge in [-0.1, -0.05) is 18.9 Å². The summed E-state index contributed by atoms with van der Waals surface area (Å²) in [5.41, 5.74) is 3.30. The topological polar surface area (TPSA) is 51.6 Å². The van der Waals surface area contributed by atoms with Crippen molar-refractivity contribution in [3.63, 3.8) is 0 Å². The van der Waals surface area contributed by atoms with Crippen LogP contribution in [0.25, 0.3) is 10.9 Å². The number of nitrogens with one attached hydrogen (secondary N) is 1. The molecule has 37 heavy (non-hydrogen) atoms. The molecule has 0 spiro atoms. The molecule has 1 saturated carbocycles. The zero-order chi connectivity index (χ0) is 25.1. The highest BCUT2D eigenvalue weighted by Gasteiger charge is 2.41. The van der Waals surface area contributed by atoms with E-state index < -0.39 is 17.6 Å². The molecule has 1 unspecified atom stereocenters. The van der Waals surface area contributed by atoms with Gasteiger partial charge in [-0.3, -0.25) is 4.90 Å². The van der Waals surface area contributed by atoms with E-state index in [4.69, 9.17) is 14.6 Å². The van der Waals surface area contributed by atoms with Crippen LogP contribution in [0.5, 0.6) is 5.75 Å². The number of aromatic nitrogens is 2. The summed E-state index contributed by atoms with van der Waals surface area (Å²) in [7, 11) is 2.09. The maximum Gasteiger partial charge on any atom is 0.150 e. The fourth-order valence-corrected chi connectivity index (χ4v) is 6.46. The van der Waals surface area contributed by atoms with Crippen molar-refractivity contribution in [2.75, 3.05) is 26.7 Å². The second-order valence-corrected chi connectivity index (χ2v) is 11.3. The van der Waals surface area contributed by atoms with Gasteiger partial charge in [0.2, 0.25) is 0 Å². The van der Waals surface area contributed by atoms with E-state index in [1.54, 1.807) is 0 Å². The van der Waals surface area contributed by atoms with Crippen molar-refractivity contribution < 1.29 is 18.3 Å². The van der Waals surface area contributed by atoms with Crippen molar-refractivity contribution in [3.05, 3.63) is 58.8 Å². The van der Waals surface area contributed by atoms with Crippen LogP contribution in [0.15, 0.2) is 30.5 Å². The molecule has 2 saturated heterocycles. The molecule has 3 aromatic rings. The Bertz CT molecular complexity index is 1290. The highest BCUT2D eigenvalue weighted by Crippen LogP contribution is 2.47. The molecule has 1 aromatic heterocycles. The quantitative estimate of drug-likeness (QED) is 0.502. The average molecular weight is 509 g/mol. The van der Waals surface area contributed by atoms with E-state index in [2.05, 4.69) is 29.4 Å². The van der Waals surface area contributed by atoms with Crippen molar-refractivity contribution in [3.8, 4) is 5.75 Å². The van der Waals surface area contributed by atoms with Crippen molar-refractivity contribution >= 4 is 10.9 Å². The van der Waals surface area contributed by atoms with E-state index in [9.17, 15) is 0 Å². The molecule has 7 rings (SSSR count). The van der Waals surface area contributed by atoms with Gasteiger partial charge >= 0.3 is 0 Å². The number of rotatable bonds is 6. The van der Waals surface area contributed by atoms with E-state index in [-0.39, 0.29) is 29.7 Å². The summed E-state index contributed by atoms with van der Waals surface area (Å²) in [6.45, 7) is 2.88. The minimum Gasteiger partial charge on any atom is -0.488 e. The third-order valence-electron chi connectivity index (χ3n) is 8.73. The van der Waals surface area contributed by atoms with E-state index in [1.165, 1.54) is 25.0 Å².